The number of aromatic amines is 1. The van der Waals surface area contributed by atoms with Gasteiger partial charge in [0.2, 0.25) is 0 Å². The van der Waals surface area contributed by atoms with Gasteiger partial charge in [-0.25, -0.2) is 0 Å². The van der Waals surface area contributed by atoms with E-state index in [0.717, 1.165) is 28.9 Å². The highest BCUT2D eigenvalue weighted by molar-refractivity contribution is 5.76. The highest BCUT2D eigenvalue weighted by Crippen LogP contribution is 2.42. The van der Waals surface area contributed by atoms with Crippen molar-refractivity contribution in [3.63, 3.8) is 0 Å². The fourth-order valence-electron chi connectivity index (χ4n) is 4.02. The number of rotatable bonds is 3. The molecule has 0 unspecified atom stereocenters. The van der Waals surface area contributed by atoms with Crippen molar-refractivity contribution >= 4 is 6.08 Å². The van der Waals surface area contributed by atoms with E-state index in [2.05, 4.69) is 88.0 Å². The predicted octanol–water partition coefficient (Wildman–Crippen LogP) is 5.03. The number of benzene rings is 2. The molecule has 0 aliphatic heterocycles. The molecule has 0 saturated heterocycles. The zero-order chi connectivity index (χ0) is 18.1. The number of fused-ring (bicyclic) bond motifs is 1. The van der Waals surface area contributed by atoms with Gasteiger partial charge in [-0.05, 0) is 23.3 Å². The van der Waals surface area contributed by atoms with Crippen LogP contribution in [0.4, 0.5) is 0 Å². The molecule has 2 heterocycles. The van der Waals surface area contributed by atoms with Crippen LogP contribution < -0.4 is 0 Å². The molecule has 4 aromatic rings. The van der Waals surface area contributed by atoms with E-state index >= 15 is 0 Å². The van der Waals surface area contributed by atoms with E-state index in [9.17, 15) is 0 Å². The minimum absolute atomic E-state index is 0.200. The summed E-state index contributed by atoms with van der Waals surface area (Å²) in [5.41, 5.74) is 6.69. The maximum absolute atomic E-state index is 4.60. The van der Waals surface area contributed by atoms with E-state index in [0.29, 0.717) is 0 Å². The van der Waals surface area contributed by atoms with Crippen molar-refractivity contribution in [1.29, 1.82) is 0 Å². The number of H-pyrrole nitrogens is 1. The van der Waals surface area contributed by atoms with E-state index in [1.165, 1.54) is 11.1 Å². The molecule has 2 aromatic heterocycles. The summed E-state index contributed by atoms with van der Waals surface area (Å²) >= 11 is 0. The predicted molar refractivity (Wildman–Crippen MR) is 108 cm³/mol. The van der Waals surface area contributed by atoms with Gasteiger partial charge >= 0.3 is 0 Å². The Labute approximate surface area is 158 Å². The Morgan fingerprint density at radius 3 is 2.15 bits per heavy atom. The van der Waals surface area contributed by atoms with E-state index in [4.69, 9.17) is 0 Å². The molecule has 0 fully saturated rings. The Kier molecular flexibility index (Phi) is 3.72. The first-order valence-electron chi connectivity index (χ1n) is 9.15. The van der Waals surface area contributed by atoms with Crippen molar-refractivity contribution in [1.82, 2.24) is 15.2 Å². The van der Waals surface area contributed by atoms with Gasteiger partial charge in [0.25, 0.3) is 0 Å². The molecule has 1 N–H and O–H groups in total. The second kappa shape index (κ2) is 6.36. The van der Waals surface area contributed by atoms with Crippen LogP contribution in [-0.4, -0.2) is 15.2 Å². The van der Waals surface area contributed by atoms with Crippen molar-refractivity contribution in [2.24, 2.45) is 0 Å². The number of allylic oxidation sites excluding steroid dienone is 1. The van der Waals surface area contributed by atoms with Crippen LogP contribution in [0.25, 0.3) is 17.3 Å². The van der Waals surface area contributed by atoms with Gasteiger partial charge in [0.1, 0.15) is 5.69 Å². The van der Waals surface area contributed by atoms with Crippen molar-refractivity contribution < 1.29 is 0 Å². The van der Waals surface area contributed by atoms with Crippen molar-refractivity contribution in [2.75, 3.05) is 0 Å². The van der Waals surface area contributed by atoms with E-state index in [1.54, 1.807) is 6.20 Å². The maximum Gasteiger partial charge on any atom is 0.101 e. The highest BCUT2D eigenvalue weighted by Gasteiger charge is 2.36. The lowest BCUT2D eigenvalue weighted by atomic mass is 9.68. The zero-order valence-corrected chi connectivity index (χ0v) is 14.8. The Morgan fingerprint density at radius 2 is 1.52 bits per heavy atom. The monoisotopic (exact) mass is 349 g/mol. The van der Waals surface area contributed by atoms with E-state index < -0.39 is 0 Å². The lowest BCUT2D eigenvalue weighted by molar-refractivity contribution is 0.620. The fraction of sp³-hybridized carbons (Fsp3) is 0.0833. The number of nitrogens with zero attached hydrogens (tertiary/aromatic N) is 2. The molecule has 0 spiro atoms. The minimum atomic E-state index is -0.200. The maximum atomic E-state index is 4.60. The lowest BCUT2D eigenvalue weighted by Gasteiger charge is -2.34. The number of aromatic nitrogens is 3. The average molecular weight is 349 g/mol. The molecule has 130 valence electrons. The van der Waals surface area contributed by atoms with Crippen LogP contribution in [0.2, 0.25) is 0 Å². The molecule has 2 aromatic carbocycles. The van der Waals surface area contributed by atoms with Gasteiger partial charge in [0, 0.05) is 41.1 Å². The largest absolute Gasteiger partial charge is 0.281 e. The number of nitrogens with one attached hydrogen (secondary N) is 1. The summed E-state index contributed by atoms with van der Waals surface area (Å²) in [4.78, 5) is 4.24. The second-order valence-corrected chi connectivity index (χ2v) is 6.92. The quantitative estimate of drug-likeness (QED) is 0.564. The summed E-state index contributed by atoms with van der Waals surface area (Å²) < 4.78 is 0. The van der Waals surface area contributed by atoms with Crippen LogP contribution in [0, 0.1) is 0 Å². The van der Waals surface area contributed by atoms with E-state index in [1.807, 2.05) is 18.3 Å². The summed E-state index contributed by atoms with van der Waals surface area (Å²) in [5, 5.41) is 7.89. The van der Waals surface area contributed by atoms with Gasteiger partial charge < -0.3 is 0 Å². The SMILES string of the molecule is C1=CC(c2ccccc2)(c2ccccc2)Cc2[nH]nc(-c3cccnc3)c21. The summed E-state index contributed by atoms with van der Waals surface area (Å²) in [5.74, 6) is 0. The average Bonchev–Trinajstić information content (AvgIpc) is 3.18. The van der Waals surface area contributed by atoms with Crippen LogP contribution in [0.15, 0.2) is 91.3 Å². The molecule has 0 radical (unpaired) electrons. The molecule has 3 heteroatoms. The van der Waals surface area contributed by atoms with Crippen LogP contribution in [0.3, 0.4) is 0 Å². The first kappa shape index (κ1) is 15.8. The van der Waals surface area contributed by atoms with Gasteiger partial charge in [0.05, 0.1) is 0 Å². The van der Waals surface area contributed by atoms with Gasteiger partial charge in [-0.3, -0.25) is 10.1 Å². The molecule has 0 saturated carbocycles. The smallest absolute Gasteiger partial charge is 0.101 e. The van der Waals surface area contributed by atoms with Crippen molar-refractivity contribution in [3.8, 4) is 11.3 Å². The third-order valence-electron chi connectivity index (χ3n) is 5.39. The molecular formula is C24H19N3. The van der Waals surface area contributed by atoms with Crippen LogP contribution in [0.1, 0.15) is 22.4 Å². The lowest BCUT2D eigenvalue weighted by Crippen LogP contribution is -2.30. The third kappa shape index (κ3) is 2.59. The van der Waals surface area contributed by atoms with Crippen molar-refractivity contribution in [3.05, 3.63) is 114 Å². The fourth-order valence-corrected chi connectivity index (χ4v) is 4.02. The summed E-state index contributed by atoms with van der Waals surface area (Å²) in [6.45, 7) is 0. The molecule has 0 bridgehead atoms. The molecule has 1 aliphatic rings. The Morgan fingerprint density at radius 1 is 0.815 bits per heavy atom. The zero-order valence-electron chi connectivity index (χ0n) is 14.8. The number of hydrogen-bond acceptors (Lipinski definition) is 2. The topological polar surface area (TPSA) is 41.6 Å². The highest BCUT2D eigenvalue weighted by atomic mass is 15.1. The third-order valence-corrected chi connectivity index (χ3v) is 5.39. The Hall–Kier alpha value is -3.46. The molecular weight excluding hydrogens is 330 g/mol. The first-order valence-corrected chi connectivity index (χ1v) is 9.15. The number of hydrogen-bond donors (Lipinski definition) is 1. The molecule has 5 rings (SSSR count). The summed E-state index contributed by atoms with van der Waals surface area (Å²) in [6.07, 6.45) is 9.04. The Bertz CT molecular complexity index is 1040. The van der Waals surface area contributed by atoms with Crippen molar-refractivity contribution in [2.45, 2.75) is 11.8 Å². The van der Waals surface area contributed by atoms with Gasteiger partial charge in [-0.1, -0.05) is 72.8 Å². The molecule has 0 amide bonds. The van der Waals surface area contributed by atoms with Crippen LogP contribution in [-0.2, 0) is 11.8 Å². The van der Waals surface area contributed by atoms with Crippen LogP contribution >= 0.6 is 0 Å². The van der Waals surface area contributed by atoms with Gasteiger partial charge in [-0.2, -0.15) is 5.10 Å². The van der Waals surface area contributed by atoms with Crippen LogP contribution in [0.5, 0.6) is 0 Å². The second-order valence-electron chi connectivity index (χ2n) is 6.92. The van der Waals surface area contributed by atoms with E-state index in [-0.39, 0.29) is 5.41 Å². The minimum Gasteiger partial charge on any atom is -0.281 e. The van der Waals surface area contributed by atoms with Gasteiger partial charge in [-0.15, -0.1) is 0 Å². The molecule has 0 atom stereocenters. The Balaban J connectivity index is 1.66. The first-order chi connectivity index (χ1) is 13.4. The normalized spacial score (nSPS) is 14.7. The number of pyridine rings is 1. The standard InChI is InChI=1S/C24H19N3/c1-3-9-19(10-4-1)24(20-11-5-2-6-12-20)14-13-21-22(16-24)26-27-23(21)18-8-7-15-25-17-18/h1-15,17H,16H2,(H,26,27). The molecule has 27 heavy (non-hydrogen) atoms. The summed E-state index contributed by atoms with van der Waals surface area (Å²) in [6, 6.07) is 25.4. The van der Waals surface area contributed by atoms with Gasteiger partial charge in [0.15, 0.2) is 0 Å². The summed E-state index contributed by atoms with van der Waals surface area (Å²) in [7, 11) is 0. The molecule has 3 nitrogen and oxygen atoms in total. The molecule has 1 aliphatic carbocycles.